The van der Waals surface area contributed by atoms with Crippen LogP contribution in [0.25, 0.3) is 0 Å². The average molecular weight is 367 g/mol. The van der Waals surface area contributed by atoms with E-state index in [0.29, 0.717) is 17.2 Å². The SMILES string of the molecule is COc1ccc(CC2CCN(C(=O)c3cccc(NC(N)=O)c3)CC2)cc1. The van der Waals surface area contributed by atoms with Crippen molar-refractivity contribution >= 4 is 17.6 Å². The Kier molecular flexibility index (Phi) is 5.96. The van der Waals surface area contributed by atoms with Crippen LogP contribution in [-0.4, -0.2) is 37.0 Å². The summed E-state index contributed by atoms with van der Waals surface area (Å²) in [7, 11) is 1.67. The summed E-state index contributed by atoms with van der Waals surface area (Å²) in [6.45, 7) is 1.49. The van der Waals surface area contributed by atoms with Gasteiger partial charge in [0, 0.05) is 24.3 Å². The Morgan fingerprint density at radius 3 is 2.48 bits per heavy atom. The molecular weight excluding hydrogens is 342 g/mol. The normalized spacial score (nSPS) is 14.6. The van der Waals surface area contributed by atoms with E-state index in [1.54, 1.807) is 31.4 Å². The van der Waals surface area contributed by atoms with E-state index in [0.717, 1.165) is 38.1 Å². The summed E-state index contributed by atoms with van der Waals surface area (Å²) in [5, 5.41) is 2.50. The fourth-order valence-corrected chi connectivity index (χ4v) is 3.49. The predicted octanol–water partition coefficient (Wildman–Crippen LogP) is 3.28. The van der Waals surface area contributed by atoms with Gasteiger partial charge in [0.15, 0.2) is 0 Å². The van der Waals surface area contributed by atoms with E-state index in [2.05, 4.69) is 17.4 Å². The number of benzene rings is 2. The number of nitrogens with two attached hydrogens (primary N) is 1. The number of nitrogens with zero attached hydrogens (tertiary/aromatic N) is 1. The van der Waals surface area contributed by atoms with E-state index in [9.17, 15) is 9.59 Å². The van der Waals surface area contributed by atoms with Crippen molar-refractivity contribution in [2.24, 2.45) is 11.7 Å². The lowest BCUT2D eigenvalue weighted by atomic mass is 9.90. The number of likely N-dealkylation sites (tertiary alicyclic amines) is 1. The van der Waals surface area contributed by atoms with Crippen LogP contribution in [0.4, 0.5) is 10.5 Å². The molecule has 0 radical (unpaired) electrons. The summed E-state index contributed by atoms with van der Waals surface area (Å²) in [6, 6.07) is 14.4. The molecule has 1 saturated heterocycles. The third-order valence-electron chi connectivity index (χ3n) is 4.96. The number of piperidine rings is 1. The Morgan fingerprint density at radius 1 is 1.15 bits per heavy atom. The third-order valence-corrected chi connectivity index (χ3v) is 4.96. The molecule has 6 heteroatoms. The summed E-state index contributed by atoms with van der Waals surface area (Å²) in [5.41, 5.74) is 7.53. The van der Waals surface area contributed by atoms with Crippen LogP contribution in [0.5, 0.6) is 5.75 Å². The van der Waals surface area contributed by atoms with Crippen LogP contribution in [0, 0.1) is 5.92 Å². The van der Waals surface area contributed by atoms with Crippen molar-refractivity contribution in [2.75, 3.05) is 25.5 Å². The first-order valence-corrected chi connectivity index (χ1v) is 9.14. The van der Waals surface area contributed by atoms with Gasteiger partial charge in [-0.05, 0) is 61.1 Å². The molecule has 0 saturated carbocycles. The minimum Gasteiger partial charge on any atom is -0.497 e. The number of primary amides is 1. The third kappa shape index (κ3) is 5.00. The number of amides is 3. The zero-order valence-electron chi connectivity index (χ0n) is 15.5. The van der Waals surface area contributed by atoms with E-state index in [4.69, 9.17) is 10.5 Å². The molecule has 1 aliphatic heterocycles. The van der Waals surface area contributed by atoms with Crippen LogP contribution in [0.2, 0.25) is 0 Å². The number of nitrogens with one attached hydrogen (secondary N) is 1. The molecule has 1 heterocycles. The molecule has 2 aromatic rings. The maximum atomic E-state index is 12.7. The van der Waals surface area contributed by atoms with Crippen LogP contribution in [-0.2, 0) is 6.42 Å². The smallest absolute Gasteiger partial charge is 0.316 e. The highest BCUT2D eigenvalue weighted by molar-refractivity contribution is 5.96. The highest BCUT2D eigenvalue weighted by Crippen LogP contribution is 2.24. The quantitative estimate of drug-likeness (QED) is 0.850. The Hall–Kier alpha value is -3.02. The number of carbonyl (C=O) groups is 2. The summed E-state index contributed by atoms with van der Waals surface area (Å²) < 4.78 is 5.20. The fraction of sp³-hybridized carbons (Fsp3) is 0.333. The number of carbonyl (C=O) groups excluding carboxylic acids is 2. The minimum atomic E-state index is -0.640. The molecule has 3 amide bonds. The first-order chi connectivity index (χ1) is 13.0. The molecule has 1 fully saturated rings. The predicted molar refractivity (Wildman–Crippen MR) is 105 cm³/mol. The Bertz CT molecular complexity index is 797. The molecule has 3 rings (SSSR count). The molecule has 0 aromatic heterocycles. The fourth-order valence-electron chi connectivity index (χ4n) is 3.49. The number of rotatable bonds is 5. The average Bonchev–Trinajstić information content (AvgIpc) is 2.68. The van der Waals surface area contributed by atoms with Crippen LogP contribution >= 0.6 is 0 Å². The molecule has 0 spiro atoms. The molecule has 3 N–H and O–H groups in total. The Balaban J connectivity index is 1.55. The van der Waals surface area contributed by atoms with Gasteiger partial charge in [-0.2, -0.15) is 0 Å². The van der Waals surface area contributed by atoms with Gasteiger partial charge in [0.2, 0.25) is 0 Å². The van der Waals surface area contributed by atoms with Gasteiger partial charge in [-0.3, -0.25) is 4.79 Å². The summed E-state index contributed by atoms with van der Waals surface area (Å²) >= 11 is 0. The summed E-state index contributed by atoms with van der Waals surface area (Å²) in [4.78, 5) is 25.6. The standard InChI is InChI=1S/C21H25N3O3/c1-27-19-7-5-15(6-8-19)13-16-9-11-24(12-10-16)20(25)17-3-2-4-18(14-17)23-21(22)26/h2-8,14,16H,9-13H2,1H3,(H3,22,23,26). The number of ether oxygens (including phenoxy) is 1. The molecule has 6 nitrogen and oxygen atoms in total. The monoisotopic (exact) mass is 367 g/mol. The van der Waals surface area contributed by atoms with Crippen molar-refractivity contribution < 1.29 is 14.3 Å². The van der Waals surface area contributed by atoms with Gasteiger partial charge in [0.25, 0.3) is 5.91 Å². The molecule has 1 aliphatic rings. The van der Waals surface area contributed by atoms with E-state index in [1.165, 1.54) is 5.56 Å². The lowest BCUT2D eigenvalue weighted by Crippen LogP contribution is -2.39. The summed E-state index contributed by atoms with van der Waals surface area (Å²) in [5.74, 6) is 1.43. The summed E-state index contributed by atoms with van der Waals surface area (Å²) in [6.07, 6.45) is 2.98. The number of hydrogen-bond donors (Lipinski definition) is 2. The highest BCUT2D eigenvalue weighted by atomic mass is 16.5. The number of methoxy groups -OCH3 is 1. The number of anilines is 1. The van der Waals surface area contributed by atoms with Crippen molar-refractivity contribution in [1.29, 1.82) is 0 Å². The van der Waals surface area contributed by atoms with Crippen molar-refractivity contribution in [1.82, 2.24) is 4.90 Å². The van der Waals surface area contributed by atoms with Gasteiger partial charge in [-0.15, -0.1) is 0 Å². The minimum absolute atomic E-state index is 0.00832. The van der Waals surface area contributed by atoms with E-state index < -0.39 is 6.03 Å². The maximum absolute atomic E-state index is 12.7. The van der Waals surface area contributed by atoms with Crippen LogP contribution in [0.15, 0.2) is 48.5 Å². The van der Waals surface area contributed by atoms with Gasteiger partial charge in [-0.25, -0.2) is 4.79 Å². The van der Waals surface area contributed by atoms with Gasteiger partial charge in [0.1, 0.15) is 5.75 Å². The Morgan fingerprint density at radius 2 is 1.85 bits per heavy atom. The van der Waals surface area contributed by atoms with Crippen molar-refractivity contribution in [3.63, 3.8) is 0 Å². The molecule has 0 atom stereocenters. The van der Waals surface area contributed by atoms with Crippen molar-refractivity contribution in [3.05, 3.63) is 59.7 Å². The van der Waals surface area contributed by atoms with Crippen LogP contribution in [0.3, 0.4) is 0 Å². The highest BCUT2D eigenvalue weighted by Gasteiger charge is 2.24. The second-order valence-electron chi connectivity index (χ2n) is 6.86. The van der Waals surface area contributed by atoms with E-state index >= 15 is 0 Å². The number of hydrogen-bond acceptors (Lipinski definition) is 3. The molecular formula is C21H25N3O3. The number of urea groups is 1. The molecule has 0 bridgehead atoms. The second-order valence-corrected chi connectivity index (χ2v) is 6.86. The lowest BCUT2D eigenvalue weighted by Gasteiger charge is -2.32. The molecule has 2 aromatic carbocycles. The topological polar surface area (TPSA) is 84.7 Å². The zero-order valence-corrected chi connectivity index (χ0v) is 15.5. The van der Waals surface area contributed by atoms with Crippen LogP contribution < -0.4 is 15.8 Å². The maximum Gasteiger partial charge on any atom is 0.316 e. The van der Waals surface area contributed by atoms with Crippen molar-refractivity contribution in [3.8, 4) is 5.75 Å². The largest absolute Gasteiger partial charge is 0.497 e. The lowest BCUT2D eigenvalue weighted by molar-refractivity contribution is 0.0690. The zero-order chi connectivity index (χ0) is 19.2. The molecule has 142 valence electrons. The van der Waals surface area contributed by atoms with Gasteiger partial charge in [0.05, 0.1) is 7.11 Å². The second kappa shape index (κ2) is 8.58. The van der Waals surface area contributed by atoms with Crippen molar-refractivity contribution in [2.45, 2.75) is 19.3 Å². The van der Waals surface area contributed by atoms with Crippen LogP contribution in [0.1, 0.15) is 28.8 Å². The first kappa shape index (κ1) is 18.8. The van der Waals surface area contributed by atoms with E-state index in [1.807, 2.05) is 17.0 Å². The van der Waals surface area contributed by atoms with Gasteiger partial charge >= 0.3 is 6.03 Å². The Labute approximate surface area is 159 Å². The van der Waals surface area contributed by atoms with Gasteiger partial charge in [-0.1, -0.05) is 18.2 Å². The molecule has 0 aliphatic carbocycles. The van der Waals surface area contributed by atoms with E-state index in [-0.39, 0.29) is 5.91 Å². The molecule has 0 unspecified atom stereocenters. The molecule has 27 heavy (non-hydrogen) atoms. The van der Waals surface area contributed by atoms with Gasteiger partial charge < -0.3 is 20.7 Å². The first-order valence-electron chi connectivity index (χ1n) is 9.14.